The van der Waals surface area contributed by atoms with Crippen molar-refractivity contribution in [2.75, 3.05) is 0 Å². The third-order valence-corrected chi connectivity index (χ3v) is 4.35. The number of nitrogens with one attached hydrogen (secondary N) is 1. The van der Waals surface area contributed by atoms with Gasteiger partial charge in [0.2, 0.25) is 0 Å². The first kappa shape index (κ1) is 12.8. The smallest absolute Gasteiger partial charge is 0.0982 e. The van der Waals surface area contributed by atoms with Gasteiger partial charge in [0.1, 0.15) is 0 Å². The van der Waals surface area contributed by atoms with Crippen LogP contribution in [0.1, 0.15) is 50.7 Å². The van der Waals surface area contributed by atoms with Crippen LogP contribution in [-0.2, 0) is 12.0 Å². The van der Waals surface area contributed by atoms with Crippen LogP contribution in [0, 0.1) is 0 Å². The van der Waals surface area contributed by atoms with E-state index >= 15 is 0 Å². The van der Waals surface area contributed by atoms with Crippen molar-refractivity contribution in [1.82, 2.24) is 10.3 Å². The standard InChI is InChI=1S/C14H22N2S/c1-14(2,3)13-16-12(10-17-13)9-15-11-7-5-4-6-8-11/h4-5,10-11,15H,6-9H2,1-3H3. The SMILES string of the molecule is CC(C)(C)c1nc(CNC2CC=CCC2)cs1. The number of hydrogen-bond acceptors (Lipinski definition) is 3. The van der Waals surface area contributed by atoms with Gasteiger partial charge >= 0.3 is 0 Å². The lowest BCUT2D eigenvalue weighted by atomic mass is 9.98. The molecule has 1 aromatic heterocycles. The number of aromatic nitrogens is 1. The number of hydrogen-bond donors (Lipinski definition) is 1. The molecule has 0 aliphatic heterocycles. The molecule has 0 saturated heterocycles. The van der Waals surface area contributed by atoms with Crippen molar-refractivity contribution < 1.29 is 0 Å². The van der Waals surface area contributed by atoms with E-state index in [-0.39, 0.29) is 5.41 Å². The Labute approximate surface area is 108 Å². The summed E-state index contributed by atoms with van der Waals surface area (Å²) in [6, 6.07) is 0.639. The lowest BCUT2D eigenvalue weighted by molar-refractivity contribution is 0.470. The van der Waals surface area contributed by atoms with Crippen LogP contribution in [0.4, 0.5) is 0 Å². The quantitative estimate of drug-likeness (QED) is 0.828. The number of rotatable bonds is 3. The van der Waals surface area contributed by atoms with Gasteiger partial charge in [-0.15, -0.1) is 11.3 Å². The monoisotopic (exact) mass is 250 g/mol. The van der Waals surface area contributed by atoms with Crippen molar-refractivity contribution in [3.63, 3.8) is 0 Å². The predicted molar refractivity (Wildman–Crippen MR) is 74.4 cm³/mol. The lowest BCUT2D eigenvalue weighted by Gasteiger charge is -2.18. The fourth-order valence-corrected chi connectivity index (χ4v) is 2.87. The van der Waals surface area contributed by atoms with Crippen molar-refractivity contribution in [2.45, 2.75) is 58.0 Å². The summed E-state index contributed by atoms with van der Waals surface area (Å²) in [4.78, 5) is 4.70. The summed E-state index contributed by atoms with van der Waals surface area (Å²) >= 11 is 1.78. The Kier molecular flexibility index (Phi) is 4.00. The molecule has 0 amide bonds. The topological polar surface area (TPSA) is 24.9 Å². The van der Waals surface area contributed by atoms with Crippen LogP contribution in [0.5, 0.6) is 0 Å². The Bertz CT molecular complexity index is 387. The predicted octanol–water partition coefficient (Wildman–Crippen LogP) is 3.64. The van der Waals surface area contributed by atoms with E-state index < -0.39 is 0 Å². The molecular formula is C14H22N2S. The van der Waals surface area contributed by atoms with E-state index in [1.54, 1.807) is 11.3 Å². The molecule has 0 radical (unpaired) electrons. The largest absolute Gasteiger partial charge is 0.308 e. The molecule has 1 N–H and O–H groups in total. The van der Waals surface area contributed by atoms with Crippen molar-refractivity contribution in [3.8, 4) is 0 Å². The van der Waals surface area contributed by atoms with E-state index in [9.17, 15) is 0 Å². The molecule has 1 aliphatic carbocycles. The molecule has 0 aromatic carbocycles. The molecule has 1 atom stereocenters. The number of thiazole rings is 1. The van der Waals surface area contributed by atoms with Gasteiger partial charge in [0.15, 0.2) is 0 Å². The third kappa shape index (κ3) is 3.65. The summed E-state index contributed by atoms with van der Waals surface area (Å²) < 4.78 is 0. The minimum absolute atomic E-state index is 0.177. The van der Waals surface area contributed by atoms with Gasteiger partial charge < -0.3 is 5.32 Å². The van der Waals surface area contributed by atoms with E-state index in [4.69, 9.17) is 4.98 Å². The Morgan fingerprint density at radius 1 is 1.41 bits per heavy atom. The van der Waals surface area contributed by atoms with Crippen LogP contribution in [-0.4, -0.2) is 11.0 Å². The molecule has 3 heteroatoms. The van der Waals surface area contributed by atoms with Crippen LogP contribution in [0.2, 0.25) is 0 Å². The first-order chi connectivity index (χ1) is 8.05. The van der Waals surface area contributed by atoms with Gasteiger partial charge in [0.05, 0.1) is 10.7 Å². The highest BCUT2D eigenvalue weighted by Gasteiger charge is 2.18. The second-order valence-electron chi connectivity index (χ2n) is 5.76. The molecule has 1 unspecified atom stereocenters. The molecule has 0 bridgehead atoms. The molecule has 94 valence electrons. The summed E-state index contributed by atoms with van der Waals surface area (Å²) in [6.07, 6.45) is 8.19. The third-order valence-electron chi connectivity index (χ3n) is 3.03. The summed E-state index contributed by atoms with van der Waals surface area (Å²) in [5.41, 5.74) is 1.37. The highest BCUT2D eigenvalue weighted by atomic mass is 32.1. The second-order valence-corrected chi connectivity index (χ2v) is 6.61. The fourth-order valence-electron chi connectivity index (χ4n) is 1.96. The van der Waals surface area contributed by atoms with Crippen LogP contribution in [0.25, 0.3) is 0 Å². The molecule has 17 heavy (non-hydrogen) atoms. The Balaban J connectivity index is 1.87. The molecule has 1 heterocycles. The van der Waals surface area contributed by atoms with Crippen LogP contribution < -0.4 is 5.32 Å². The molecule has 2 nitrogen and oxygen atoms in total. The maximum Gasteiger partial charge on any atom is 0.0982 e. The zero-order valence-corrected chi connectivity index (χ0v) is 11.8. The van der Waals surface area contributed by atoms with Crippen LogP contribution in [0.3, 0.4) is 0 Å². The van der Waals surface area contributed by atoms with Gasteiger partial charge in [-0.3, -0.25) is 0 Å². The van der Waals surface area contributed by atoms with Crippen molar-refractivity contribution >= 4 is 11.3 Å². The number of allylic oxidation sites excluding steroid dienone is 1. The first-order valence-corrected chi connectivity index (χ1v) is 7.27. The van der Waals surface area contributed by atoms with Crippen LogP contribution in [0.15, 0.2) is 17.5 Å². The van der Waals surface area contributed by atoms with E-state index in [1.165, 1.54) is 23.5 Å². The second kappa shape index (κ2) is 5.32. The molecule has 0 saturated carbocycles. The number of nitrogens with zero attached hydrogens (tertiary/aromatic N) is 1. The summed E-state index contributed by atoms with van der Waals surface area (Å²) in [5, 5.41) is 7.02. The lowest BCUT2D eigenvalue weighted by Crippen LogP contribution is -2.29. The van der Waals surface area contributed by atoms with Crippen molar-refractivity contribution in [3.05, 3.63) is 28.2 Å². The maximum atomic E-state index is 4.70. The van der Waals surface area contributed by atoms with Crippen molar-refractivity contribution in [2.24, 2.45) is 0 Å². The summed E-state index contributed by atoms with van der Waals surface area (Å²) in [6.45, 7) is 7.56. The Hall–Kier alpha value is -0.670. The van der Waals surface area contributed by atoms with E-state index in [0.29, 0.717) is 6.04 Å². The molecule has 1 aliphatic rings. The molecule has 2 rings (SSSR count). The van der Waals surface area contributed by atoms with Gasteiger partial charge in [-0.05, 0) is 19.3 Å². The van der Waals surface area contributed by atoms with E-state index in [2.05, 4.69) is 43.6 Å². The summed E-state index contributed by atoms with van der Waals surface area (Å²) in [5.74, 6) is 0. The highest BCUT2D eigenvalue weighted by Crippen LogP contribution is 2.25. The average molecular weight is 250 g/mol. The van der Waals surface area contributed by atoms with Gasteiger partial charge in [-0.1, -0.05) is 32.9 Å². The average Bonchev–Trinajstić information content (AvgIpc) is 2.76. The van der Waals surface area contributed by atoms with E-state index in [0.717, 1.165) is 13.0 Å². The van der Waals surface area contributed by atoms with Gasteiger partial charge in [-0.25, -0.2) is 4.98 Å². The molecule has 0 spiro atoms. The highest BCUT2D eigenvalue weighted by molar-refractivity contribution is 7.09. The normalized spacial score (nSPS) is 20.8. The Morgan fingerprint density at radius 3 is 2.82 bits per heavy atom. The maximum absolute atomic E-state index is 4.70. The summed E-state index contributed by atoms with van der Waals surface area (Å²) in [7, 11) is 0. The first-order valence-electron chi connectivity index (χ1n) is 6.39. The van der Waals surface area contributed by atoms with Crippen LogP contribution >= 0.6 is 11.3 Å². The molecule has 0 fully saturated rings. The minimum Gasteiger partial charge on any atom is -0.308 e. The van der Waals surface area contributed by atoms with Gasteiger partial charge in [-0.2, -0.15) is 0 Å². The van der Waals surface area contributed by atoms with Gasteiger partial charge in [0.25, 0.3) is 0 Å². The molecule has 1 aromatic rings. The Morgan fingerprint density at radius 2 is 2.24 bits per heavy atom. The van der Waals surface area contributed by atoms with Gasteiger partial charge in [0, 0.05) is 23.4 Å². The molecular weight excluding hydrogens is 228 g/mol. The van der Waals surface area contributed by atoms with Crippen molar-refractivity contribution in [1.29, 1.82) is 0 Å². The van der Waals surface area contributed by atoms with E-state index in [1.807, 2.05) is 0 Å². The fraction of sp³-hybridized carbons (Fsp3) is 0.643. The zero-order chi connectivity index (χ0) is 12.3. The zero-order valence-electron chi connectivity index (χ0n) is 11.0. The minimum atomic E-state index is 0.177.